The van der Waals surface area contributed by atoms with Crippen molar-refractivity contribution in [3.05, 3.63) is 77.9 Å². The van der Waals surface area contributed by atoms with E-state index in [4.69, 9.17) is 0 Å². The topological polar surface area (TPSA) is 46.2 Å². The lowest BCUT2D eigenvalue weighted by atomic mass is 10.1. The van der Waals surface area contributed by atoms with Crippen LogP contribution >= 0.6 is 0 Å². The van der Waals surface area contributed by atoms with Crippen molar-refractivity contribution in [2.75, 3.05) is 6.54 Å². The van der Waals surface area contributed by atoms with E-state index in [-0.39, 0.29) is 11.4 Å². The zero-order valence-corrected chi connectivity index (χ0v) is 12.9. The monoisotopic (exact) mass is 301 g/mol. The minimum absolute atomic E-state index is 0.241. The summed E-state index contributed by atoms with van der Waals surface area (Å²) in [6.07, 6.45) is 0.664. The number of sulfonamides is 1. The van der Waals surface area contributed by atoms with Crippen molar-refractivity contribution in [1.29, 1.82) is 0 Å². The average Bonchev–Trinajstić information content (AvgIpc) is 2.47. The lowest BCUT2D eigenvalue weighted by molar-refractivity contribution is 0.584. The van der Waals surface area contributed by atoms with Crippen LogP contribution in [0.25, 0.3) is 0 Å². The van der Waals surface area contributed by atoms with Crippen LogP contribution in [0.1, 0.15) is 11.1 Å². The summed E-state index contributed by atoms with van der Waals surface area (Å²) in [7, 11) is -3.48. The Morgan fingerprint density at radius 2 is 1.67 bits per heavy atom. The Morgan fingerprint density at radius 1 is 1.05 bits per heavy atom. The largest absolute Gasteiger partial charge is 0.240 e. The Balaban J connectivity index is 1.95. The number of rotatable bonds is 6. The maximum absolute atomic E-state index is 12.1. The predicted octanol–water partition coefficient (Wildman–Crippen LogP) is 3.07. The maximum Gasteiger partial charge on any atom is 0.240 e. The van der Waals surface area contributed by atoms with Gasteiger partial charge in [-0.15, -0.1) is 0 Å². The van der Waals surface area contributed by atoms with Crippen LogP contribution in [0.15, 0.2) is 71.6 Å². The first-order valence-electron chi connectivity index (χ1n) is 6.74. The highest BCUT2D eigenvalue weighted by atomic mass is 32.2. The molecule has 21 heavy (non-hydrogen) atoms. The number of aryl methyl sites for hydroxylation is 1. The summed E-state index contributed by atoms with van der Waals surface area (Å²) in [4.78, 5) is 0.278. The van der Waals surface area contributed by atoms with Gasteiger partial charge in [-0.2, -0.15) is 0 Å². The van der Waals surface area contributed by atoms with Gasteiger partial charge in [-0.25, -0.2) is 13.1 Å². The Kier molecular flexibility index (Phi) is 4.94. The minimum atomic E-state index is -3.48. The van der Waals surface area contributed by atoms with E-state index in [1.54, 1.807) is 24.3 Å². The second-order valence-electron chi connectivity index (χ2n) is 5.05. The zero-order valence-electron chi connectivity index (χ0n) is 12.0. The predicted molar refractivity (Wildman–Crippen MR) is 85.7 cm³/mol. The van der Waals surface area contributed by atoms with Gasteiger partial charge in [0.05, 0.1) is 4.90 Å². The van der Waals surface area contributed by atoms with Crippen LogP contribution in [0.4, 0.5) is 0 Å². The quantitative estimate of drug-likeness (QED) is 0.834. The first-order valence-corrected chi connectivity index (χ1v) is 8.22. The smallest absolute Gasteiger partial charge is 0.207 e. The van der Waals surface area contributed by atoms with E-state index >= 15 is 0 Å². The minimum Gasteiger partial charge on any atom is -0.207 e. The summed E-state index contributed by atoms with van der Waals surface area (Å²) in [5.74, 6) is 0. The first kappa shape index (κ1) is 15.5. The highest BCUT2D eigenvalue weighted by Gasteiger charge is 2.13. The van der Waals surface area contributed by atoms with Gasteiger partial charge in [0.1, 0.15) is 0 Å². The van der Waals surface area contributed by atoms with E-state index in [0.717, 1.165) is 16.7 Å². The molecular formula is C17H19NO2S. The highest BCUT2D eigenvalue weighted by Crippen LogP contribution is 2.11. The summed E-state index contributed by atoms with van der Waals surface area (Å²) < 4.78 is 26.9. The molecule has 2 aromatic rings. The third-order valence-electron chi connectivity index (χ3n) is 3.14. The van der Waals surface area contributed by atoms with Gasteiger partial charge < -0.3 is 0 Å². The second kappa shape index (κ2) is 6.70. The molecule has 0 fully saturated rings. The van der Waals surface area contributed by atoms with Crippen molar-refractivity contribution in [1.82, 2.24) is 4.72 Å². The number of hydrogen-bond acceptors (Lipinski definition) is 2. The Labute approximate surface area is 126 Å². The molecule has 0 saturated carbocycles. The van der Waals surface area contributed by atoms with Crippen LogP contribution < -0.4 is 4.72 Å². The van der Waals surface area contributed by atoms with Crippen LogP contribution in [0.3, 0.4) is 0 Å². The van der Waals surface area contributed by atoms with Crippen LogP contribution in [0.5, 0.6) is 0 Å². The molecule has 3 nitrogen and oxygen atoms in total. The van der Waals surface area contributed by atoms with Gasteiger partial charge in [0.15, 0.2) is 0 Å². The van der Waals surface area contributed by atoms with Crippen LogP contribution in [0, 0.1) is 6.92 Å². The second-order valence-corrected chi connectivity index (χ2v) is 6.82. The van der Waals surface area contributed by atoms with Crippen LogP contribution in [0.2, 0.25) is 0 Å². The summed E-state index contributed by atoms with van der Waals surface area (Å²) in [5.41, 5.74) is 2.98. The molecule has 0 aromatic heterocycles. The fraction of sp³-hybridized carbons (Fsp3) is 0.176. The Bertz CT molecular complexity index is 704. The molecule has 0 radical (unpaired) electrons. The van der Waals surface area contributed by atoms with E-state index in [2.05, 4.69) is 11.3 Å². The Hall–Kier alpha value is -1.91. The zero-order chi connectivity index (χ0) is 15.3. The van der Waals surface area contributed by atoms with Crippen LogP contribution in [-0.4, -0.2) is 15.0 Å². The summed E-state index contributed by atoms with van der Waals surface area (Å²) in [6.45, 7) is 6.10. The fourth-order valence-electron chi connectivity index (χ4n) is 1.94. The molecule has 2 rings (SSSR count). The van der Waals surface area contributed by atoms with E-state index < -0.39 is 10.0 Å². The van der Waals surface area contributed by atoms with Crippen molar-refractivity contribution >= 4 is 10.0 Å². The molecule has 4 heteroatoms. The van der Waals surface area contributed by atoms with E-state index in [1.165, 1.54) is 0 Å². The fourth-order valence-corrected chi connectivity index (χ4v) is 3.00. The molecule has 0 spiro atoms. The van der Waals surface area contributed by atoms with Crippen molar-refractivity contribution in [2.24, 2.45) is 0 Å². The van der Waals surface area contributed by atoms with Crippen molar-refractivity contribution in [3.63, 3.8) is 0 Å². The van der Waals surface area contributed by atoms with Crippen molar-refractivity contribution in [3.8, 4) is 0 Å². The average molecular weight is 301 g/mol. The normalized spacial score (nSPS) is 11.3. The van der Waals surface area contributed by atoms with Gasteiger partial charge in [-0.3, -0.25) is 0 Å². The summed E-state index contributed by atoms with van der Waals surface area (Å²) in [5, 5.41) is 0. The standard InChI is InChI=1S/C17H19NO2S/c1-14-8-10-17(11-9-14)21(19,20)18-13-15(2)12-16-6-4-3-5-7-16/h3-11,18H,2,12-13H2,1H3. The number of hydrogen-bond donors (Lipinski definition) is 1. The number of benzene rings is 2. The molecule has 1 N–H and O–H groups in total. The first-order chi connectivity index (χ1) is 9.97. The maximum atomic E-state index is 12.1. The van der Waals surface area contributed by atoms with Gasteiger partial charge in [-0.05, 0) is 31.0 Å². The lowest BCUT2D eigenvalue weighted by Crippen LogP contribution is -2.26. The molecule has 0 heterocycles. The van der Waals surface area contributed by atoms with E-state index in [1.807, 2.05) is 37.3 Å². The molecule has 0 saturated heterocycles. The van der Waals surface area contributed by atoms with E-state index in [9.17, 15) is 8.42 Å². The molecule has 0 aliphatic heterocycles. The molecule has 0 aliphatic rings. The molecular weight excluding hydrogens is 282 g/mol. The molecule has 110 valence electrons. The highest BCUT2D eigenvalue weighted by molar-refractivity contribution is 7.89. The lowest BCUT2D eigenvalue weighted by Gasteiger charge is -2.09. The summed E-state index contributed by atoms with van der Waals surface area (Å²) in [6, 6.07) is 16.7. The Morgan fingerprint density at radius 3 is 2.29 bits per heavy atom. The third kappa shape index (κ3) is 4.55. The van der Waals surface area contributed by atoms with Crippen molar-refractivity contribution in [2.45, 2.75) is 18.2 Å². The van der Waals surface area contributed by atoms with Gasteiger partial charge >= 0.3 is 0 Å². The van der Waals surface area contributed by atoms with Gasteiger partial charge in [0, 0.05) is 6.54 Å². The van der Waals surface area contributed by atoms with Gasteiger partial charge in [-0.1, -0.05) is 60.2 Å². The third-order valence-corrected chi connectivity index (χ3v) is 4.56. The summed E-state index contributed by atoms with van der Waals surface area (Å²) >= 11 is 0. The van der Waals surface area contributed by atoms with Crippen molar-refractivity contribution < 1.29 is 8.42 Å². The van der Waals surface area contributed by atoms with Crippen LogP contribution in [-0.2, 0) is 16.4 Å². The SMILES string of the molecule is C=C(CNS(=O)(=O)c1ccc(C)cc1)Cc1ccccc1. The molecule has 0 amide bonds. The molecule has 0 bridgehead atoms. The van der Waals surface area contributed by atoms with Gasteiger partial charge in [0.2, 0.25) is 10.0 Å². The number of nitrogens with one attached hydrogen (secondary N) is 1. The van der Waals surface area contributed by atoms with Gasteiger partial charge in [0.25, 0.3) is 0 Å². The molecule has 0 aliphatic carbocycles. The molecule has 0 atom stereocenters. The molecule has 0 unspecified atom stereocenters. The molecule has 2 aromatic carbocycles. The van der Waals surface area contributed by atoms with E-state index in [0.29, 0.717) is 6.42 Å².